The Hall–Kier alpha value is -4.02. The highest BCUT2D eigenvalue weighted by Crippen LogP contribution is 2.28. The lowest BCUT2D eigenvalue weighted by Crippen LogP contribution is -2.45. The third-order valence-corrected chi connectivity index (χ3v) is 9.58. The summed E-state index contributed by atoms with van der Waals surface area (Å²) in [6.07, 6.45) is 5.17. The van der Waals surface area contributed by atoms with Crippen LogP contribution >= 0.6 is 21.6 Å². The number of amides is 3. The molecule has 320 valence electrons. The topological polar surface area (TPSA) is 122 Å². The van der Waals surface area contributed by atoms with Crippen molar-refractivity contribution in [3.05, 3.63) is 89.6 Å². The normalized spacial score (nSPS) is 11.2. The van der Waals surface area contributed by atoms with E-state index in [2.05, 4.69) is 81.1 Å². The van der Waals surface area contributed by atoms with Gasteiger partial charge in [0.1, 0.15) is 5.03 Å². The number of fused-ring (bicyclic) bond motifs is 2. The van der Waals surface area contributed by atoms with Crippen LogP contribution < -0.4 is 20.9 Å². The van der Waals surface area contributed by atoms with Crippen LogP contribution in [0.5, 0.6) is 0 Å². The summed E-state index contributed by atoms with van der Waals surface area (Å²) >= 11 is 0. The van der Waals surface area contributed by atoms with E-state index in [1.807, 2.05) is 57.4 Å². The van der Waals surface area contributed by atoms with Crippen molar-refractivity contribution in [1.82, 2.24) is 20.9 Å². The number of pyridine rings is 1. The molecule has 12 heteroatoms. The van der Waals surface area contributed by atoms with Crippen molar-refractivity contribution in [2.24, 2.45) is 11.3 Å². The first-order valence-corrected chi connectivity index (χ1v) is 20.4. The van der Waals surface area contributed by atoms with E-state index in [1.165, 1.54) is 11.3 Å². The summed E-state index contributed by atoms with van der Waals surface area (Å²) in [5, 5.41) is 9.31. The van der Waals surface area contributed by atoms with E-state index in [9.17, 15) is 14.4 Å². The number of benzene rings is 2. The van der Waals surface area contributed by atoms with Crippen LogP contribution in [-0.4, -0.2) is 75.6 Å². The highest BCUT2D eigenvalue weighted by molar-refractivity contribution is 8.76. The molecule has 57 heavy (non-hydrogen) atoms. The molecule has 0 spiro atoms. The number of para-hydroxylation sites is 1. The van der Waals surface area contributed by atoms with Crippen molar-refractivity contribution in [2.75, 3.05) is 51.8 Å². The molecule has 1 aliphatic heterocycles. The van der Waals surface area contributed by atoms with Gasteiger partial charge in [0.2, 0.25) is 17.7 Å². The van der Waals surface area contributed by atoms with Gasteiger partial charge in [-0.25, -0.2) is 4.98 Å². The number of anilines is 1. The second-order valence-electron chi connectivity index (χ2n) is 13.2. The highest BCUT2D eigenvalue weighted by atomic mass is 33.1. The van der Waals surface area contributed by atoms with Gasteiger partial charge in [-0.1, -0.05) is 110 Å². The Kier molecular flexibility index (Phi) is 32.2. The van der Waals surface area contributed by atoms with Crippen molar-refractivity contribution in [2.45, 2.75) is 101 Å². The van der Waals surface area contributed by atoms with Crippen LogP contribution in [0.1, 0.15) is 100 Å². The average Bonchev–Trinajstić information content (AvgIpc) is 3.13. The van der Waals surface area contributed by atoms with Gasteiger partial charge in [-0.05, 0) is 79.6 Å². The van der Waals surface area contributed by atoms with E-state index in [1.54, 1.807) is 48.7 Å². The summed E-state index contributed by atoms with van der Waals surface area (Å²) in [6, 6.07) is 22.6. The zero-order valence-electron chi connectivity index (χ0n) is 32.5. The van der Waals surface area contributed by atoms with Crippen LogP contribution in [0.15, 0.2) is 78.0 Å². The van der Waals surface area contributed by atoms with Gasteiger partial charge in [0, 0.05) is 55.4 Å². The molecule has 0 saturated carbocycles. The van der Waals surface area contributed by atoms with Crippen molar-refractivity contribution < 1.29 is 23.9 Å². The number of ether oxygens (including phenoxy) is 2. The first-order valence-electron chi connectivity index (χ1n) is 17.9. The first kappa shape index (κ1) is 57.3. The molecule has 0 aliphatic carbocycles. The van der Waals surface area contributed by atoms with Crippen molar-refractivity contribution in [3.8, 4) is 11.8 Å². The molecule has 3 aromatic rings. The Morgan fingerprint density at radius 2 is 1.53 bits per heavy atom. The quantitative estimate of drug-likeness (QED) is 0.0562. The molecule has 4 rings (SSSR count). The van der Waals surface area contributed by atoms with Crippen molar-refractivity contribution >= 4 is 45.0 Å². The number of nitrogens with one attached hydrogen (secondary N) is 3. The number of hydrogen-bond donors (Lipinski definition) is 3. The molecule has 0 saturated heterocycles. The van der Waals surface area contributed by atoms with Gasteiger partial charge >= 0.3 is 0 Å². The second-order valence-corrected chi connectivity index (χ2v) is 15.6. The zero-order valence-corrected chi connectivity index (χ0v) is 34.1. The Labute approximate surface area is 354 Å². The lowest BCUT2D eigenvalue weighted by Gasteiger charge is -2.28. The largest absolute Gasteiger partial charge is 0.382 e. The minimum atomic E-state index is -0.719. The number of aromatic nitrogens is 1. The number of methoxy groups -OCH3 is 1. The highest BCUT2D eigenvalue weighted by Gasteiger charge is 2.33. The maximum atomic E-state index is 12.4. The zero-order chi connectivity index (χ0) is 39.1. The molecule has 2 aromatic carbocycles. The summed E-state index contributed by atoms with van der Waals surface area (Å²) in [5.74, 6) is 5.86. The lowest BCUT2D eigenvalue weighted by atomic mass is 9.80. The molecule has 1 unspecified atom stereocenters. The molecule has 2 heterocycles. The standard InChI is InChI=1S/C19H37N3O5.C16H13N.C6H7NS2.4CH4/c1-7-15(17(24)22-14(2)3)12-19(4,5)18(25)21-13-20-16(23)8-9-27-11-10-26-6;1-17-12-15-8-3-2-6-13(15)10-11-14-7-4-5-9-16(14)17;1-8-9-6-4-2-3-5-7-6;;;;/h14-15H,7-13H2,1-6H3,(H,20,23)(H,21,25)(H,22,24);2-9H,12H2,1H3;2-5H,1H3;4*1H4. The lowest BCUT2D eigenvalue weighted by molar-refractivity contribution is -0.132. The predicted octanol–water partition coefficient (Wildman–Crippen LogP) is 9.23. The smallest absolute Gasteiger partial charge is 0.227 e. The Bertz CT molecular complexity index is 1610. The number of carbonyl (C=O) groups is 3. The maximum Gasteiger partial charge on any atom is 0.227 e. The predicted molar refractivity (Wildman–Crippen MR) is 245 cm³/mol. The van der Waals surface area contributed by atoms with Crippen molar-refractivity contribution in [3.63, 3.8) is 0 Å². The summed E-state index contributed by atoms with van der Waals surface area (Å²) in [7, 11) is 7.09. The Morgan fingerprint density at radius 1 is 0.895 bits per heavy atom. The monoisotopic (exact) mass is 828 g/mol. The molecule has 3 N–H and O–H groups in total. The van der Waals surface area contributed by atoms with Crippen LogP contribution in [0.3, 0.4) is 0 Å². The SMILES string of the molecule is C.C.C.C.CCC(CC(C)(C)C(=O)NCNC(=O)CCOCCOC)C(=O)NC(C)C.CN1Cc2ccccc2C#Cc2ccccc21.CSSc1ccccn1. The van der Waals surface area contributed by atoms with E-state index in [0.717, 1.165) is 22.7 Å². The average molecular weight is 828 g/mol. The molecule has 0 radical (unpaired) electrons. The van der Waals surface area contributed by atoms with Gasteiger partial charge in [0.05, 0.1) is 38.6 Å². The second kappa shape index (κ2) is 32.0. The molecule has 1 atom stereocenters. The van der Waals surface area contributed by atoms with Gasteiger partial charge in [-0.3, -0.25) is 14.4 Å². The van der Waals surface area contributed by atoms with Crippen LogP contribution in [-0.2, 0) is 30.4 Å². The van der Waals surface area contributed by atoms with Gasteiger partial charge in [0.25, 0.3) is 0 Å². The summed E-state index contributed by atoms with van der Waals surface area (Å²) in [6.45, 7) is 11.6. The van der Waals surface area contributed by atoms with E-state index < -0.39 is 5.41 Å². The number of carbonyl (C=O) groups excluding carboxylic acids is 3. The third kappa shape index (κ3) is 22.5. The number of hydrogen-bond acceptors (Lipinski definition) is 9. The van der Waals surface area contributed by atoms with E-state index >= 15 is 0 Å². The van der Waals surface area contributed by atoms with Crippen LogP contribution in [0.4, 0.5) is 5.69 Å². The number of nitrogens with zero attached hydrogens (tertiary/aromatic N) is 2. The van der Waals surface area contributed by atoms with Crippen LogP contribution in [0.25, 0.3) is 0 Å². The maximum absolute atomic E-state index is 12.4. The van der Waals surface area contributed by atoms with Crippen LogP contribution in [0.2, 0.25) is 0 Å². The first-order chi connectivity index (χ1) is 25.4. The fourth-order valence-electron chi connectivity index (χ4n) is 5.14. The summed E-state index contributed by atoms with van der Waals surface area (Å²) in [5.41, 5.74) is 4.01. The fraction of sp³-hybridized carbons (Fsp3) is 0.511. The molecule has 10 nitrogen and oxygen atoms in total. The van der Waals surface area contributed by atoms with Gasteiger partial charge in [-0.2, -0.15) is 0 Å². The summed E-state index contributed by atoms with van der Waals surface area (Å²) < 4.78 is 10.1. The van der Waals surface area contributed by atoms with Gasteiger partial charge < -0.3 is 30.3 Å². The third-order valence-electron chi connectivity index (χ3n) is 7.98. The van der Waals surface area contributed by atoms with E-state index in [4.69, 9.17) is 9.47 Å². The van der Waals surface area contributed by atoms with E-state index in [-0.39, 0.29) is 72.5 Å². The minimum Gasteiger partial charge on any atom is -0.382 e. The minimum absolute atomic E-state index is 0. The van der Waals surface area contributed by atoms with Gasteiger partial charge in [-0.15, -0.1) is 0 Å². The molecule has 3 amide bonds. The fourth-order valence-corrected chi connectivity index (χ4v) is 6.36. The number of rotatable bonds is 16. The molecule has 1 aromatic heterocycles. The molecule has 0 fully saturated rings. The molecule has 0 bridgehead atoms. The Balaban J connectivity index is -0.000000826. The molecular formula is C45H73N5O5S2. The molecule has 1 aliphatic rings. The Morgan fingerprint density at radius 3 is 2.14 bits per heavy atom. The molecular weight excluding hydrogens is 755 g/mol. The van der Waals surface area contributed by atoms with Gasteiger partial charge in [0.15, 0.2) is 0 Å². The van der Waals surface area contributed by atoms with E-state index in [0.29, 0.717) is 32.7 Å². The summed E-state index contributed by atoms with van der Waals surface area (Å²) in [4.78, 5) is 42.7. The van der Waals surface area contributed by atoms with Crippen LogP contribution in [0, 0.1) is 23.2 Å². The van der Waals surface area contributed by atoms with Crippen molar-refractivity contribution in [1.29, 1.82) is 0 Å².